The van der Waals surface area contributed by atoms with Gasteiger partial charge in [0.1, 0.15) is 5.70 Å². The summed E-state index contributed by atoms with van der Waals surface area (Å²) in [5, 5.41) is 10.7. The standard InChI is InChI=1S/C10H11N3OS2/c1-6-4-15-10(13-6)16-5-9(14)8(3-11)7(2)12/h4,8H,2,5,12H2,1H3/p+1/t8-/m1/s1. The smallest absolute Gasteiger partial charge is 0.178 e. The summed E-state index contributed by atoms with van der Waals surface area (Å²) in [6.45, 7) is 5.43. The number of quaternary nitrogens is 1. The van der Waals surface area contributed by atoms with E-state index in [1.54, 1.807) is 0 Å². The molecule has 0 fully saturated rings. The zero-order chi connectivity index (χ0) is 12.1. The van der Waals surface area contributed by atoms with E-state index >= 15 is 0 Å². The average molecular weight is 254 g/mol. The summed E-state index contributed by atoms with van der Waals surface area (Å²) < 4.78 is 0.845. The summed E-state index contributed by atoms with van der Waals surface area (Å²) in [6.07, 6.45) is 0. The molecule has 1 rings (SSSR count). The van der Waals surface area contributed by atoms with Gasteiger partial charge >= 0.3 is 0 Å². The molecule has 6 heteroatoms. The lowest BCUT2D eigenvalue weighted by atomic mass is 10.1. The van der Waals surface area contributed by atoms with Crippen molar-refractivity contribution in [3.05, 3.63) is 23.3 Å². The number of thioether (sulfide) groups is 1. The SMILES string of the molecule is C=C([NH3+])[C@@H](C#N)C(=O)CSc1nc(C)cs1. The Balaban J connectivity index is 2.53. The van der Waals surface area contributed by atoms with E-state index < -0.39 is 5.92 Å². The molecule has 0 saturated heterocycles. The monoisotopic (exact) mass is 254 g/mol. The lowest BCUT2D eigenvalue weighted by Crippen LogP contribution is -2.51. The van der Waals surface area contributed by atoms with Crippen LogP contribution in [0.1, 0.15) is 5.69 Å². The third-order valence-corrected chi connectivity index (χ3v) is 3.96. The van der Waals surface area contributed by atoms with Crippen LogP contribution in [-0.4, -0.2) is 16.5 Å². The summed E-state index contributed by atoms with van der Waals surface area (Å²) in [5.41, 5.74) is 4.82. The van der Waals surface area contributed by atoms with E-state index in [-0.39, 0.29) is 11.5 Å². The molecular weight excluding hydrogens is 242 g/mol. The molecule has 0 aromatic carbocycles. The Kier molecular flexibility index (Phi) is 4.68. The van der Waals surface area contributed by atoms with E-state index in [1.165, 1.54) is 23.1 Å². The van der Waals surface area contributed by atoms with Gasteiger partial charge in [-0.1, -0.05) is 11.8 Å². The number of aromatic nitrogens is 1. The molecule has 0 unspecified atom stereocenters. The van der Waals surface area contributed by atoms with E-state index in [4.69, 9.17) is 5.26 Å². The fraction of sp³-hybridized carbons (Fsp3) is 0.300. The number of Topliss-reactive ketones (excluding diaryl/α,β-unsaturated/α-hetero) is 1. The second-order valence-electron chi connectivity index (χ2n) is 3.23. The molecule has 1 heterocycles. The summed E-state index contributed by atoms with van der Waals surface area (Å²) in [5.74, 6) is -0.728. The molecule has 0 amide bonds. The first-order valence-electron chi connectivity index (χ1n) is 4.52. The summed E-state index contributed by atoms with van der Waals surface area (Å²) in [6, 6.07) is 1.90. The maximum Gasteiger partial charge on any atom is 0.178 e. The van der Waals surface area contributed by atoms with Crippen molar-refractivity contribution < 1.29 is 10.5 Å². The molecule has 0 bridgehead atoms. The van der Waals surface area contributed by atoms with Crippen molar-refractivity contribution in [1.29, 1.82) is 5.26 Å². The molecule has 1 atom stereocenters. The van der Waals surface area contributed by atoms with Gasteiger partial charge in [0, 0.05) is 11.1 Å². The number of hydrogen-bond acceptors (Lipinski definition) is 5. The van der Waals surface area contributed by atoms with Crippen molar-refractivity contribution >= 4 is 28.9 Å². The summed E-state index contributed by atoms with van der Waals surface area (Å²) in [7, 11) is 0. The molecule has 0 saturated carbocycles. The highest BCUT2D eigenvalue weighted by Crippen LogP contribution is 2.23. The normalized spacial score (nSPS) is 11.8. The van der Waals surface area contributed by atoms with Crippen LogP contribution < -0.4 is 5.73 Å². The molecule has 4 nitrogen and oxygen atoms in total. The highest BCUT2D eigenvalue weighted by molar-refractivity contribution is 8.01. The fourth-order valence-corrected chi connectivity index (χ4v) is 2.76. The Morgan fingerprint density at radius 1 is 1.88 bits per heavy atom. The largest absolute Gasteiger partial charge is 0.328 e. The first-order valence-corrected chi connectivity index (χ1v) is 6.39. The van der Waals surface area contributed by atoms with Crippen molar-refractivity contribution in [2.45, 2.75) is 11.3 Å². The third-order valence-electron chi connectivity index (χ3n) is 1.80. The van der Waals surface area contributed by atoms with Gasteiger partial charge in [0.05, 0.1) is 11.8 Å². The van der Waals surface area contributed by atoms with Gasteiger partial charge in [-0.05, 0) is 13.5 Å². The Morgan fingerprint density at radius 2 is 2.56 bits per heavy atom. The molecule has 0 aliphatic heterocycles. The van der Waals surface area contributed by atoms with Crippen molar-refractivity contribution in [2.24, 2.45) is 5.92 Å². The second-order valence-corrected chi connectivity index (χ2v) is 5.31. The molecule has 84 valence electrons. The summed E-state index contributed by atoms with van der Waals surface area (Å²) in [4.78, 5) is 15.8. The first-order chi connectivity index (χ1) is 7.54. The molecule has 1 aromatic heterocycles. The predicted octanol–water partition coefficient (Wildman–Crippen LogP) is 1.01. The molecule has 0 aliphatic rings. The Hall–Kier alpha value is -1.16. The van der Waals surface area contributed by atoms with Gasteiger partial charge in [0.25, 0.3) is 0 Å². The second kappa shape index (κ2) is 5.80. The van der Waals surface area contributed by atoms with Gasteiger partial charge in [-0.25, -0.2) is 4.98 Å². The average Bonchev–Trinajstić information content (AvgIpc) is 2.62. The van der Waals surface area contributed by atoms with E-state index in [1.807, 2.05) is 18.4 Å². The Labute approximate surface area is 102 Å². The van der Waals surface area contributed by atoms with Crippen LogP contribution in [-0.2, 0) is 4.79 Å². The quantitative estimate of drug-likeness (QED) is 0.795. The minimum Gasteiger partial charge on any atom is -0.328 e. The van der Waals surface area contributed by atoms with Crippen molar-refractivity contribution in [1.82, 2.24) is 4.98 Å². The van der Waals surface area contributed by atoms with E-state index in [2.05, 4.69) is 17.3 Å². The zero-order valence-electron chi connectivity index (χ0n) is 8.90. The van der Waals surface area contributed by atoms with Crippen LogP contribution in [0.2, 0.25) is 0 Å². The third kappa shape index (κ3) is 3.45. The number of nitrogens with zero attached hydrogens (tertiary/aromatic N) is 2. The number of carbonyl (C=O) groups excluding carboxylic acids is 1. The van der Waals surface area contributed by atoms with Gasteiger partial charge in [-0.2, -0.15) is 5.26 Å². The zero-order valence-corrected chi connectivity index (χ0v) is 10.5. The van der Waals surface area contributed by atoms with Crippen molar-refractivity contribution in [3.8, 4) is 6.07 Å². The van der Waals surface area contributed by atoms with Crippen LogP contribution in [0.5, 0.6) is 0 Å². The van der Waals surface area contributed by atoms with E-state index in [0.717, 1.165) is 10.0 Å². The fourth-order valence-electron chi connectivity index (χ4n) is 1.01. The molecule has 16 heavy (non-hydrogen) atoms. The number of carbonyl (C=O) groups is 1. The number of thiazole rings is 1. The van der Waals surface area contributed by atoms with Crippen LogP contribution in [0.3, 0.4) is 0 Å². The van der Waals surface area contributed by atoms with Crippen LogP contribution in [0.25, 0.3) is 0 Å². The van der Waals surface area contributed by atoms with Crippen LogP contribution in [0, 0.1) is 24.2 Å². The van der Waals surface area contributed by atoms with Crippen LogP contribution in [0.15, 0.2) is 22.0 Å². The lowest BCUT2D eigenvalue weighted by molar-refractivity contribution is -0.309. The van der Waals surface area contributed by atoms with Gasteiger partial charge in [0.2, 0.25) is 0 Å². The molecule has 0 aliphatic carbocycles. The Morgan fingerprint density at radius 3 is 3.00 bits per heavy atom. The number of ketones is 1. The maximum atomic E-state index is 11.6. The van der Waals surface area contributed by atoms with Crippen LogP contribution >= 0.6 is 23.1 Å². The molecular formula is C10H12N3OS2+. The van der Waals surface area contributed by atoms with Crippen molar-refractivity contribution in [2.75, 3.05) is 5.75 Å². The number of hydrogen-bond donors (Lipinski definition) is 1. The summed E-state index contributed by atoms with van der Waals surface area (Å²) >= 11 is 2.85. The first kappa shape index (κ1) is 12.9. The van der Waals surface area contributed by atoms with Crippen LogP contribution in [0.4, 0.5) is 0 Å². The topological polar surface area (TPSA) is 81.4 Å². The number of aryl methyl sites for hydroxylation is 1. The maximum absolute atomic E-state index is 11.6. The van der Waals surface area contributed by atoms with E-state index in [0.29, 0.717) is 5.70 Å². The van der Waals surface area contributed by atoms with Gasteiger partial charge in [0.15, 0.2) is 16.0 Å². The van der Waals surface area contributed by atoms with Gasteiger partial charge < -0.3 is 5.73 Å². The van der Waals surface area contributed by atoms with Gasteiger partial charge in [-0.15, -0.1) is 11.3 Å². The highest BCUT2D eigenvalue weighted by Gasteiger charge is 2.22. The molecule has 0 spiro atoms. The van der Waals surface area contributed by atoms with E-state index in [9.17, 15) is 4.79 Å². The number of allylic oxidation sites excluding steroid dienone is 1. The van der Waals surface area contributed by atoms with Crippen molar-refractivity contribution in [3.63, 3.8) is 0 Å². The Bertz CT molecular complexity index is 447. The molecule has 3 N–H and O–H groups in total. The van der Waals surface area contributed by atoms with Gasteiger partial charge in [-0.3, -0.25) is 4.79 Å². The molecule has 0 radical (unpaired) electrons. The minimum absolute atomic E-state index is 0.166. The number of nitriles is 1. The predicted molar refractivity (Wildman–Crippen MR) is 63.7 cm³/mol. The lowest BCUT2D eigenvalue weighted by Gasteiger charge is -2.02. The molecule has 1 aromatic rings. The highest BCUT2D eigenvalue weighted by atomic mass is 32.2. The minimum atomic E-state index is -0.798. The number of rotatable bonds is 5.